The number of fused-ring (bicyclic) bond motifs is 2. The molecule has 7 bridgehead atoms. The Hall–Kier alpha value is -3.13. The number of ether oxygens (including phenoxy) is 6. The number of methoxy groups -OCH3 is 3. The largest absolute Gasteiger partial charge is 0.462 e. The van der Waals surface area contributed by atoms with Gasteiger partial charge in [-0.3, -0.25) is 9.59 Å². The highest BCUT2D eigenvalue weighted by molar-refractivity contribution is 5.89. The monoisotopic (exact) mass is 1060 g/mol. The number of aliphatic hydroxyl groups excluding tert-OH is 1. The van der Waals surface area contributed by atoms with Gasteiger partial charge in [0.25, 0.3) is 0 Å². The summed E-state index contributed by atoms with van der Waals surface area (Å²) >= 11 is 0. The summed E-state index contributed by atoms with van der Waals surface area (Å²) < 4.78 is 39.4. The maximum absolute atomic E-state index is 14.7. The molecule has 76 heavy (non-hydrogen) atoms. The van der Waals surface area contributed by atoms with E-state index in [0.29, 0.717) is 44.4 Å². The van der Waals surface area contributed by atoms with Crippen molar-refractivity contribution in [3.63, 3.8) is 0 Å². The summed E-state index contributed by atoms with van der Waals surface area (Å²) in [6, 6.07) is 8.48. The number of piperidine rings is 1. The van der Waals surface area contributed by atoms with Crippen molar-refractivity contribution in [2.24, 2.45) is 34.5 Å². The molecule has 1 heterocycles. The van der Waals surface area contributed by atoms with E-state index in [9.17, 15) is 24.6 Å². The summed E-state index contributed by atoms with van der Waals surface area (Å²) in [4.78, 5) is 45.3. The maximum Gasteiger partial charge on any atom is 0.338 e. The lowest BCUT2D eigenvalue weighted by Gasteiger charge is -2.70. The first-order valence-corrected chi connectivity index (χ1v) is 30.6. The van der Waals surface area contributed by atoms with E-state index in [1.807, 2.05) is 6.07 Å². The number of carbonyl (C=O) groups is 3. The number of nitrogens with zero attached hydrogens (tertiary/aromatic N) is 1. The first-order chi connectivity index (χ1) is 37.0. The predicted molar refractivity (Wildman–Crippen MR) is 298 cm³/mol. The van der Waals surface area contributed by atoms with Crippen LogP contribution in [0.3, 0.4) is 0 Å². The Labute approximate surface area is 458 Å². The van der Waals surface area contributed by atoms with Gasteiger partial charge in [-0.25, -0.2) is 4.79 Å². The number of esters is 3. The third-order valence-corrected chi connectivity index (χ3v) is 19.7. The molecule has 5 saturated carbocycles. The van der Waals surface area contributed by atoms with Crippen molar-refractivity contribution in [1.29, 1.82) is 0 Å². The fourth-order valence-corrected chi connectivity index (χ4v) is 16.6. The molecule has 1 aromatic carbocycles. The van der Waals surface area contributed by atoms with Crippen LogP contribution in [0.4, 0.5) is 0 Å². The van der Waals surface area contributed by atoms with E-state index in [2.05, 4.69) is 50.1 Å². The van der Waals surface area contributed by atoms with Crippen molar-refractivity contribution in [2.75, 3.05) is 41.5 Å². The normalized spacial score (nSPS) is 34.1. The van der Waals surface area contributed by atoms with Gasteiger partial charge in [0, 0.05) is 75.8 Å². The van der Waals surface area contributed by atoms with E-state index in [1.165, 1.54) is 90.6 Å². The minimum atomic E-state index is -1.84. The van der Waals surface area contributed by atoms with E-state index in [1.54, 1.807) is 38.5 Å². The number of aliphatic hydroxyl groups is 2. The van der Waals surface area contributed by atoms with Crippen LogP contribution in [-0.2, 0) is 38.0 Å². The van der Waals surface area contributed by atoms with Crippen molar-refractivity contribution in [1.82, 2.24) is 4.90 Å². The number of likely N-dealkylation sites (tertiary alicyclic amines) is 1. The Morgan fingerprint density at radius 3 is 1.82 bits per heavy atom. The Bertz CT molecular complexity index is 2010. The van der Waals surface area contributed by atoms with E-state index in [-0.39, 0.29) is 30.8 Å². The summed E-state index contributed by atoms with van der Waals surface area (Å²) in [5, 5.41) is 26.3. The molecule has 14 atom stereocenters. The van der Waals surface area contributed by atoms with Gasteiger partial charge in [-0.05, 0) is 88.8 Å². The Balaban J connectivity index is 1.08. The molecular formula is C64H101NO11. The molecule has 12 heteroatoms. The number of hydrogen-bond donors (Lipinski definition) is 2. The second-order valence-corrected chi connectivity index (χ2v) is 24.3. The van der Waals surface area contributed by atoms with Gasteiger partial charge in [-0.1, -0.05) is 166 Å². The minimum Gasteiger partial charge on any atom is -0.462 e. The molecule has 1 spiro atoms. The zero-order valence-electron chi connectivity index (χ0n) is 47.9. The number of unbranched alkanes of at least 4 members (excludes halogenated alkanes) is 20. The lowest BCUT2D eigenvalue weighted by molar-refractivity contribution is -0.321. The molecule has 6 aliphatic rings. The van der Waals surface area contributed by atoms with Crippen LogP contribution >= 0.6 is 0 Å². The summed E-state index contributed by atoms with van der Waals surface area (Å²) in [7, 11) is 6.97. The first-order valence-electron chi connectivity index (χ1n) is 30.6. The van der Waals surface area contributed by atoms with Crippen molar-refractivity contribution < 1.29 is 53.0 Å². The summed E-state index contributed by atoms with van der Waals surface area (Å²) in [6.45, 7) is 5.35. The van der Waals surface area contributed by atoms with Crippen LogP contribution in [-0.4, -0.2) is 122 Å². The van der Waals surface area contributed by atoms with Gasteiger partial charge in [0.2, 0.25) is 0 Å². The fraction of sp³-hybridized carbons (Fsp3) is 0.797. The van der Waals surface area contributed by atoms with Crippen molar-refractivity contribution >= 4 is 17.9 Å². The molecule has 428 valence electrons. The number of rotatable bonds is 36. The highest BCUT2D eigenvalue weighted by Crippen LogP contribution is 2.80. The lowest BCUT2D eigenvalue weighted by Crippen LogP contribution is -2.81. The van der Waals surface area contributed by atoms with Gasteiger partial charge in [0.15, 0.2) is 5.60 Å². The molecule has 0 radical (unpaired) electrons. The Morgan fingerprint density at radius 1 is 0.658 bits per heavy atom. The lowest BCUT2D eigenvalue weighted by atomic mass is 9.42. The second kappa shape index (κ2) is 28.8. The molecule has 1 aromatic rings. The first kappa shape index (κ1) is 60.5. The smallest absolute Gasteiger partial charge is 0.338 e. The fourth-order valence-electron chi connectivity index (χ4n) is 16.6. The third-order valence-electron chi connectivity index (χ3n) is 19.7. The number of carbonyl (C=O) groups excluding carboxylic acids is 3. The zero-order chi connectivity index (χ0) is 54.2. The predicted octanol–water partition coefficient (Wildman–Crippen LogP) is 12.5. The minimum absolute atomic E-state index is 0.117. The van der Waals surface area contributed by atoms with Crippen LogP contribution < -0.4 is 0 Å². The van der Waals surface area contributed by atoms with Crippen molar-refractivity contribution in [3.05, 3.63) is 60.2 Å². The molecule has 5 aliphatic carbocycles. The molecular weight excluding hydrogens is 959 g/mol. The van der Waals surface area contributed by atoms with Crippen LogP contribution in [0.15, 0.2) is 54.6 Å². The molecule has 12 nitrogen and oxygen atoms in total. The number of allylic oxidation sites excluding steroid dienone is 4. The summed E-state index contributed by atoms with van der Waals surface area (Å²) in [5.41, 5.74) is -4.50. The standard InChI is InChI=1S/C64H101NO11/c1-7-9-11-13-15-17-19-21-22-24-25-27-29-31-36-40-53(66)74-51-43-52(72-5)63-49-44-62(70)58(75-60(69)47-38-34-33-35-39-47)55(49)64(57(68)59(62)73-6,48-42-50(63)61(51,46-71-4)45-65(3)56(48)63)76-54(67)41-37-32-30-28-26-23-20-18-16-14-12-10-8-2/h15,17,21-22,33-35,38-39,48-52,55-59,68,70H,7-14,16,18-20,23-32,36-37,40-46H2,1-6H3/b17-15-,22-21-/t48-,49+,50+,51+,52-,55+,56+,57-,58+,59-,61+,62+,63+,64-/m0/s1. The molecule has 1 aliphatic heterocycles. The van der Waals surface area contributed by atoms with Crippen LogP contribution in [0.2, 0.25) is 0 Å². The number of hydrogen-bond acceptors (Lipinski definition) is 12. The quantitative estimate of drug-likeness (QED) is 0.0285. The van der Waals surface area contributed by atoms with Crippen LogP contribution in [0.25, 0.3) is 0 Å². The molecule has 0 aromatic heterocycles. The van der Waals surface area contributed by atoms with E-state index in [4.69, 9.17) is 28.4 Å². The van der Waals surface area contributed by atoms with Gasteiger partial charge >= 0.3 is 17.9 Å². The third kappa shape index (κ3) is 12.6. The zero-order valence-corrected chi connectivity index (χ0v) is 47.9. The SMILES string of the molecule is CCCCC/C=C\C/C=C\CCCCCCCC(=O)O[C@@H]1C[C@H](OC)[C@@]23[C@@H]4C[C@@]5(O)[C@H](OC(=O)c6ccccc6)[C@@H]4[C@](OC(=O)CCCCCCCCCCCCCCC)([C@@H](O)[C@@H]5OC)[C@H]4C[C@@H]2[C@]1(COC)CN(C)[C@H]43. The van der Waals surface area contributed by atoms with Crippen LogP contribution in [0.5, 0.6) is 0 Å². The van der Waals surface area contributed by atoms with Gasteiger partial charge in [0.1, 0.15) is 30.0 Å². The molecule has 2 N–H and O–H groups in total. The average molecular weight is 1060 g/mol. The van der Waals surface area contributed by atoms with Crippen LogP contribution in [0.1, 0.15) is 210 Å². The van der Waals surface area contributed by atoms with E-state index >= 15 is 0 Å². The second-order valence-electron chi connectivity index (χ2n) is 24.3. The molecule has 6 fully saturated rings. The number of benzene rings is 1. The summed E-state index contributed by atoms with van der Waals surface area (Å²) in [6.07, 6.45) is 33.3. The van der Waals surface area contributed by atoms with E-state index in [0.717, 1.165) is 64.2 Å². The van der Waals surface area contributed by atoms with Gasteiger partial charge in [-0.15, -0.1) is 0 Å². The van der Waals surface area contributed by atoms with Gasteiger partial charge < -0.3 is 43.5 Å². The highest BCUT2D eigenvalue weighted by atomic mass is 16.6. The molecule has 7 rings (SSSR count). The van der Waals surface area contributed by atoms with Crippen LogP contribution in [0, 0.1) is 34.5 Å². The molecule has 0 amide bonds. The van der Waals surface area contributed by atoms with Crippen molar-refractivity contribution in [2.45, 2.75) is 248 Å². The summed E-state index contributed by atoms with van der Waals surface area (Å²) in [5.74, 6) is -3.16. The average Bonchev–Trinajstić information content (AvgIpc) is 4.02. The Kier molecular flexibility index (Phi) is 23.0. The van der Waals surface area contributed by atoms with E-state index < -0.39 is 82.2 Å². The topological polar surface area (TPSA) is 150 Å². The molecule has 1 saturated heterocycles. The maximum atomic E-state index is 14.7. The highest BCUT2D eigenvalue weighted by Gasteiger charge is 2.90. The molecule has 0 unspecified atom stereocenters. The Morgan fingerprint density at radius 2 is 1.22 bits per heavy atom. The van der Waals surface area contributed by atoms with Gasteiger partial charge in [-0.2, -0.15) is 0 Å². The van der Waals surface area contributed by atoms with Gasteiger partial charge in [0.05, 0.1) is 18.3 Å². The van der Waals surface area contributed by atoms with Crippen molar-refractivity contribution in [3.8, 4) is 0 Å².